The molecule has 1 aromatic rings. The van der Waals surface area contributed by atoms with E-state index < -0.39 is 0 Å². The van der Waals surface area contributed by atoms with Crippen LogP contribution in [0, 0.1) is 0 Å². The van der Waals surface area contributed by atoms with E-state index in [2.05, 4.69) is 4.90 Å². The normalized spacial score (nSPS) is 14.9. The van der Waals surface area contributed by atoms with Crippen molar-refractivity contribution in [2.24, 2.45) is 0 Å². The molecule has 0 spiro atoms. The first-order chi connectivity index (χ1) is 9.70. The molecule has 0 aromatic heterocycles. The summed E-state index contributed by atoms with van der Waals surface area (Å²) in [6.07, 6.45) is 3.71. The first-order valence-corrected chi connectivity index (χ1v) is 7.13. The van der Waals surface area contributed by atoms with Crippen LogP contribution >= 0.6 is 0 Å². The molecule has 2 rings (SSSR count). The summed E-state index contributed by atoms with van der Waals surface area (Å²) in [5.41, 5.74) is 7.82. The second-order valence-corrected chi connectivity index (χ2v) is 4.86. The Morgan fingerprint density at radius 1 is 1.30 bits per heavy atom. The SMILES string of the molecule is CCOC(=O)COc1ccc(N2CCCCC2)c(N)c1. The van der Waals surface area contributed by atoms with Gasteiger partial charge in [-0.25, -0.2) is 4.79 Å². The fourth-order valence-corrected chi connectivity index (χ4v) is 2.39. The maximum absolute atomic E-state index is 11.2. The van der Waals surface area contributed by atoms with Crippen molar-refractivity contribution in [2.45, 2.75) is 26.2 Å². The van der Waals surface area contributed by atoms with Crippen molar-refractivity contribution in [3.8, 4) is 5.75 Å². The van der Waals surface area contributed by atoms with Gasteiger partial charge in [0.1, 0.15) is 5.75 Å². The van der Waals surface area contributed by atoms with Gasteiger partial charge in [0, 0.05) is 19.2 Å². The van der Waals surface area contributed by atoms with Gasteiger partial charge in [-0.3, -0.25) is 0 Å². The molecule has 110 valence electrons. The lowest BCUT2D eigenvalue weighted by Gasteiger charge is -2.29. The molecule has 0 saturated carbocycles. The Morgan fingerprint density at radius 2 is 2.05 bits per heavy atom. The molecule has 1 aliphatic rings. The van der Waals surface area contributed by atoms with Crippen LogP contribution < -0.4 is 15.4 Å². The fraction of sp³-hybridized carbons (Fsp3) is 0.533. The van der Waals surface area contributed by atoms with Gasteiger partial charge in [-0.1, -0.05) is 0 Å². The first-order valence-electron chi connectivity index (χ1n) is 7.13. The Hall–Kier alpha value is -1.91. The lowest BCUT2D eigenvalue weighted by atomic mass is 10.1. The Kier molecular flexibility index (Phi) is 5.09. The van der Waals surface area contributed by atoms with Crippen molar-refractivity contribution >= 4 is 17.3 Å². The number of ether oxygens (including phenoxy) is 2. The van der Waals surface area contributed by atoms with Crippen molar-refractivity contribution in [3.05, 3.63) is 18.2 Å². The smallest absolute Gasteiger partial charge is 0.344 e. The van der Waals surface area contributed by atoms with Crippen molar-refractivity contribution in [1.29, 1.82) is 0 Å². The second-order valence-electron chi connectivity index (χ2n) is 4.86. The lowest BCUT2D eigenvalue weighted by molar-refractivity contribution is -0.145. The molecule has 5 nitrogen and oxygen atoms in total. The zero-order valence-corrected chi connectivity index (χ0v) is 11.9. The number of benzene rings is 1. The van der Waals surface area contributed by atoms with E-state index in [1.54, 1.807) is 13.0 Å². The maximum Gasteiger partial charge on any atom is 0.344 e. The van der Waals surface area contributed by atoms with Gasteiger partial charge >= 0.3 is 5.97 Å². The van der Waals surface area contributed by atoms with Crippen LogP contribution in [0.2, 0.25) is 0 Å². The number of nitrogens with zero attached hydrogens (tertiary/aromatic N) is 1. The largest absolute Gasteiger partial charge is 0.482 e. The highest BCUT2D eigenvalue weighted by atomic mass is 16.6. The number of rotatable bonds is 5. The summed E-state index contributed by atoms with van der Waals surface area (Å²) < 4.78 is 10.2. The number of nitrogen functional groups attached to an aromatic ring is 1. The molecule has 0 atom stereocenters. The van der Waals surface area contributed by atoms with Crippen molar-refractivity contribution in [1.82, 2.24) is 0 Å². The summed E-state index contributed by atoms with van der Waals surface area (Å²) >= 11 is 0. The third kappa shape index (κ3) is 3.79. The zero-order chi connectivity index (χ0) is 14.4. The summed E-state index contributed by atoms with van der Waals surface area (Å²) in [7, 11) is 0. The van der Waals surface area contributed by atoms with Gasteiger partial charge in [-0.15, -0.1) is 0 Å². The molecule has 0 aliphatic carbocycles. The molecule has 1 heterocycles. The Morgan fingerprint density at radius 3 is 2.70 bits per heavy atom. The monoisotopic (exact) mass is 278 g/mol. The van der Waals surface area contributed by atoms with Crippen molar-refractivity contribution in [3.63, 3.8) is 0 Å². The van der Waals surface area contributed by atoms with E-state index in [-0.39, 0.29) is 12.6 Å². The van der Waals surface area contributed by atoms with E-state index in [0.717, 1.165) is 18.8 Å². The summed E-state index contributed by atoms with van der Waals surface area (Å²) in [5.74, 6) is 0.225. The van der Waals surface area contributed by atoms with Gasteiger partial charge in [0.05, 0.1) is 18.0 Å². The highest BCUT2D eigenvalue weighted by molar-refractivity contribution is 5.72. The molecule has 20 heavy (non-hydrogen) atoms. The molecule has 0 amide bonds. The molecule has 1 aliphatic heterocycles. The van der Waals surface area contributed by atoms with Gasteiger partial charge in [0.15, 0.2) is 6.61 Å². The van der Waals surface area contributed by atoms with Crippen molar-refractivity contribution in [2.75, 3.05) is 36.9 Å². The number of nitrogens with two attached hydrogens (primary N) is 1. The minimum atomic E-state index is -0.369. The number of piperidine rings is 1. The molecule has 5 heteroatoms. The number of anilines is 2. The number of hydrogen-bond donors (Lipinski definition) is 1. The number of esters is 1. The van der Waals surface area contributed by atoms with E-state index in [1.165, 1.54) is 19.3 Å². The predicted octanol–water partition coefficient (Wildman–Crippen LogP) is 2.20. The van der Waals surface area contributed by atoms with Gasteiger partial charge in [-0.05, 0) is 38.3 Å². The molecule has 2 N–H and O–H groups in total. The molecular weight excluding hydrogens is 256 g/mol. The second kappa shape index (κ2) is 7.03. The van der Waals surface area contributed by atoms with Crippen LogP contribution in [0.15, 0.2) is 18.2 Å². The molecular formula is C15H22N2O3. The Bertz CT molecular complexity index is 456. The molecule has 0 radical (unpaired) electrons. The quantitative estimate of drug-likeness (QED) is 0.660. The molecule has 1 aromatic carbocycles. The third-order valence-corrected chi connectivity index (χ3v) is 3.36. The van der Waals surface area contributed by atoms with Gasteiger partial charge in [-0.2, -0.15) is 0 Å². The zero-order valence-electron chi connectivity index (χ0n) is 11.9. The van der Waals surface area contributed by atoms with Crippen LogP contribution in [0.1, 0.15) is 26.2 Å². The third-order valence-electron chi connectivity index (χ3n) is 3.36. The molecule has 1 saturated heterocycles. The topological polar surface area (TPSA) is 64.8 Å². The minimum Gasteiger partial charge on any atom is -0.482 e. The standard InChI is InChI=1S/C15H22N2O3/c1-2-19-15(18)11-20-12-6-7-14(13(16)10-12)17-8-4-3-5-9-17/h6-7,10H,2-5,8-9,11,16H2,1H3. The number of hydrogen-bond acceptors (Lipinski definition) is 5. The average molecular weight is 278 g/mol. The van der Waals surface area contributed by atoms with Gasteiger partial charge in [0.2, 0.25) is 0 Å². The number of carbonyl (C=O) groups is 1. The lowest BCUT2D eigenvalue weighted by Crippen LogP contribution is -2.30. The Balaban J connectivity index is 1.96. The van der Waals surface area contributed by atoms with E-state index in [0.29, 0.717) is 18.0 Å². The molecule has 0 bridgehead atoms. The van der Waals surface area contributed by atoms with Crippen LogP contribution in [0.3, 0.4) is 0 Å². The molecule has 1 fully saturated rings. The highest BCUT2D eigenvalue weighted by Gasteiger charge is 2.14. The summed E-state index contributed by atoms with van der Waals surface area (Å²) in [4.78, 5) is 13.5. The molecule has 0 unspecified atom stereocenters. The van der Waals surface area contributed by atoms with Crippen LogP contribution in [0.25, 0.3) is 0 Å². The fourth-order valence-electron chi connectivity index (χ4n) is 2.39. The number of carbonyl (C=O) groups excluding carboxylic acids is 1. The maximum atomic E-state index is 11.2. The van der Waals surface area contributed by atoms with Crippen molar-refractivity contribution < 1.29 is 14.3 Å². The van der Waals surface area contributed by atoms with E-state index in [9.17, 15) is 4.79 Å². The van der Waals surface area contributed by atoms with E-state index in [1.807, 2.05) is 12.1 Å². The highest BCUT2D eigenvalue weighted by Crippen LogP contribution is 2.29. The Labute approximate surface area is 119 Å². The van der Waals surface area contributed by atoms with Gasteiger partial charge in [0.25, 0.3) is 0 Å². The summed E-state index contributed by atoms with van der Waals surface area (Å²) in [5, 5.41) is 0. The summed E-state index contributed by atoms with van der Waals surface area (Å²) in [6, 6.07) is 5.57. The first kappa shape index (κ1) is 14.5. The average Bonchev–Trinajstić information content (AvgIpc) is 2.46. The van der Waals surface area contributed by atoms with Crippen LogP contribution in [0.5, 0.6) is 5.75 Å². The predicted molar refractivity (Wildman–Crippen MR) is 79.0 cm³/mol. The van der Waals surface area contributed by atoms with Crippen LogP contribution in [-0.4, -0.2) is 32.3 Å². The van der Waals surface area contributed by atoms with E-state index >= 15 is 0 Å². The van der Waals surface area contributed by atoms with Crippen LogP contribution in [0.4, 0.5) is 11.4 Å². The summed E-state index contributed by atoms with van der Waals surface area (Å²) in [6.45, 7) is 4.14. The van der Waals surface area contributed by atoms with Gasteiger partial charge < -0.3 is 20.1 Å². The van der Waals surface area contributed by atoms with Crippen LogP contribution in [-0.2, 0) is 9.53 Å². The minimum absolute atomic E-state index is 0.0870. The van der Waals surface area contributed by atoms with E-state index in [4.69, 9.17) is 15.2 Å².